The van der Waals surface area contributed by atoms with E-state index >= 15 is 0 Å². The summed E-state index contributed by atoms with van der Waals surface area (Å²) in [6, 6.07) is -0.623. The molecule has 0 aliphatic rings. The van der Waals surface area contributed by atoms with E-state index in [0.29, 0.717) is 6.42 Å². The third-order valence-corrected chi connectivity index (χ3v) is 2.55. The van der Waals surface area contributed by atoms with Crippen molar-refractivity contribution >= 4 is 5.91 Å². The van der Waals surface area contributed by atoms with Gasteiger partial charge in [-0.25, -0.2) is 22.0 Å². The van der Waals surface area contributed by atoms with Crippen LogP contribution >= 0.6 is 0 Å². The third kappa shape index (κ3) is 2.83. The number of carbonyl (C=O) groups excluding carboxylic acids is 1. The first-order valence-electron chi connectivity index (χ1n) is 5.37. The van der Waals surface area contributed by atoms with Gasteiger partial charge in [0.2, 0.25) is 5.82 Å². The molecule has 8 heteroatoms. The number of amides is 1. The Balaban J connectivity index is 3.24. The molecule has 0 bridgehead atoms. The minimum Gasteiger partial charge on any atom is -0.348 e. The maximum atomic E-state index is 13.3. The molecule has 0 saturated heterocycles. The van der Waals surface area contributed by atoms with Crippen LogP contribution < -0.4 is 11.1 Å². The minimum absolute atomic E-state index is 0.0301. The van der Waals surface area contributed by atoms with Gasteiger partial charge in [-0.15, -0.1) is 0 Å². The highest BCUT2D eigenvalue weighted by atomic mass is 19.2. The lowest BCUT2D eigenvalue weighted by Crippen LogP contribution is -2.40. The predicted octanol–water partition coefficient (Wildman–Crippen LogP) is 1.85. The van der Waals surface area contributed by atoms with Crippen molar-refractivity contribution in [3.05, 3.63) is 34.6 Å². The molecule has 1 aromatic carbocycles. The fourth-order valence-electron chi connectivity index (χ4n) is 1.39. The van der Waals surface area contributed by atoms with Gasteiger partial charge in [0.05, 0.1) is 0 Å². The Kier molecular flexibility index (Phi) is 4.82. The van der Waals surface area contributed by atoms with Crippen molar-refractivity contribution < 1.29 is 26.7 Å². The average molecular weight is 282 g/mol. The summed E-state index contributed by atoms with van der Waals surface area (Å²) in [5, 5.41) is 2.09. The predicted molar refractivity (Wildman–Crippen MR) is 56.8 cm³/mol. The molecule has 0 aromatic heterocycles. The third-order valence-electron chi connectivity index (χ3n) is 2.55. The van der Waals surface area contributed by atoms with Crippen molar-refractivity contribution in [1.29, 1.82) is 0 Å². The van der Waals surface area contributed by atoms with Gasteiger partial charge >= 0.3 is 0 Å². The quantitative estimate of drug-likeness (QED) is 0.503. The summed E-state index contributed by atoms with van der Waals surface area (Å²) in [6.07, 6.45) is 0.345. The van der Waals surface area contributed by atoms with Gasteiger partial charge in [0.1, 0.15) is 5.56 Å². The van der Waals surface area contributed by atoms with E-state index < -0.39 is 46.6 Å². The second-order valence-electron chi connectivity index (χ2n) is 3.76. The van der Waals surface area contributed by atoms with Gasteiger partial charge < -0.3 is 11.1 Å². The summed E-state index contributed by atoms with van der Waals surface area (Å²) in [4.78, 5) is 11.5. The molecule has 0 fully saturated rings. The van der Waals surface area contributed by atoms with Gasteiger partial charge in [0, 0.05) is 12.6 Å². The number of hydrogen-bond donors (Lipinski definition) is 2. The van der Waals surface area contributed by atoms with E-state index in [9.17, 15) is 26.7 Å². The molecule has 3 N–H and O–H groups in total. The van der Waals surface area contributed by atoms with Crippen LogP contribution in [0.2, 0.25) is 0 Å². The Bertz CT molecular complexity index is 473. The van der Waals surface area contributed by atoms with E-state index in [1.807, 2.05) is 0 Å². The van der Waals surface area contributed by atoms with E-state index in [2.05, 4.69) is 5.32 Å². The zero-order valence-corrected chi connectivity index (χ0v) is 9.87. The van der Waals surface area contributed by atoms with E-state index in [1.54, 1.807) is 6.92 Å². The van der Waals surface area contributed by atoms with Crippen molar-refractivity contribution in [3.63, 3.8) is 0 Å². The maximum Gasteiger partial charge on any atom is 0.257 e. The summed E-state index contributed by atoms with van der Waals surface area (Å²) in [7, 11) is 0. The maximum absolute atomic E-state index is 13.3. The summed E-state index contributed by atoms with van der Waals surface area (Å²) >= 11 is 0. The molecule has 0 radical (unpaired) electrons. The van der Waals surface area contributed by atoms with Gasteiger partial charge in [0.25, 0.3) is 5.91 Å². The number of nitrogens with two attached hydrogens (primary N) is 1. The number of rotatable bonds is 4. The highest BCUT2D eigenvalue weighted by molar-refractivity contribution is 5.95. The molecule has 1 atom stereocenters. The van der Waals surface area contributed by atoms with E-state index in [-0.39, 0.29) is 6.54 Å². The lowest BCUT2D eigenvalue weighted by Gasteiger charge is -2.15. The van der Waals surface area contributed by atoms with Crippen LogP contribution in [0, 0.1) is 29.1 Å². The van der Waals surface area contributed by atoms with Crippen LogP contribution in [0.5, 0.6) is 0 Å². The molecule has 0 heterocycles. The molecule has 106 valence electrons. The van der Waals surface area contributed by atoms with Gasteiger partial charge in [-0.2, -0.15) is 0 Å². The highest BCUT2D eigenvalue weighted by Gasteiger charge is 2.30. The number of halogens is 5. The normalized spacial score (nSPS) is 12.4. The van der Waals surface area contributed by atoms with Gasteiger partial charge in [-0.1, -0.05) is 6.92 Å². The SMILES string of the molecule is CCC(CN)NC(=O)c1c(F)c(F)c(F)c(F)c1F. The van der Waals surface area contributed by atoms with Crippen molar-refractivity contribution in [2.24, 2.45) is 5.73 Å². The highest BCUT2D eigenvalue weighted by Crippen LogP contribution is 2.22. The first-order chi connectivity index (χ1) is 8.84. The van der Waals surface area contributed by atoms with Crippen molar-refractivity contribution in [1.82, 2.24) is 5.32 Å². The number of benzene rings is 1. The van der Waals surface area contributed by atoms with E-state index in [1.165, 1.54) is 0 Å². The molecule has 0 spiro atoms. The monoisotopic (exact) mass is 282 g/mol. The second-order valence-corrected chi connectivity index (χ2v) is 3.76. The first-order valence-corrected chi connectivity index (χ1v) is 5.37. The molecule has 1 amide bonds. The van der Waals surface area contributed by atoms with Crippen molar-refractivity contribution in [3.8, 4) is 0 Å². The van der Waals surface area contributed by atoms with Gasteiger partial charge in [0.15, 0.2) is 23.3 Å². The van der Waals surface area contributed by atoms with Crippen LogP contribution in [0.15, 0.2) is 0 Å². The van der Waals surface area contributed by atoms with Crippen LogP contribution in [-0.4, -0.2) is 18.5 Å². The number of nitrogens with one attached hydrogen (secondary N) is 1. The van der Waals surface area contributed by atoms with Crippen molar-refractivity contribution in [2.75, 3.05) is 6.54 Å². The molecular formula is C11H11F5N2O. The lowest BCUT2D eigenvalue weighted by atomic mass is 10.1. The zero-order valence-electron chi connectivity index (χ0n) is 9.87. The van der Waals surface area contributed by atoms with E-state index in [4.69, 9.17) is 5.73 Å². The smallest absolute Gasteiger partial charge is 0.257 e. The van der Waals surface area contributed by atoms with Crippen LogP contribution in [-0.2, 0) is 0 Å². The molecular weight excluding hydrogens is 271 g/mol. The Morgan fingerprint density at radius 2 is 1.47 bits per heavy atom. The van der Waals surface area contributed by atoms with Crippen LogP contribution in [0.4, 0.5) is 22.0 Å². The number of carbonyl (C=O) groups is 1. The molecule has 19 heavy (non-hydrogen) atoms. The van der Waals surface area contributed by atoms with E-state index in [0.717, 1.165) is 0 Å². The molecule has 0 saturated carbocycles. The lowest BCUT2D eigenvalue weighted by molar-refractivity contribution is 0.0925. The Morgan fingerprint density at radius 1 is 1.05 bits per heavy atom. The molecule has 1 unspecified atom stereocenters. The topological polar surface area (TPSA) is 55.1 Å². The van der Waals surface area contributed by atoms with Crippen molar-refractivity contribution in [2.45, 2.75) is 19.4 Å². The van der Waals surface area contributed by atoms with Crippen LogP contribution in [0.25, 0.3) is 0 Å². The Hall–Kier alpha value is -1.70. The fourth-order valence-corrected chi connectivity index (χ4v) is 1.39. The first kappa shape index (κ1) is 15.4. The zero-order chi connectivity index (χ0) is 14.7. The van der Waals surface area contributed by atoms with Gasteiger partial charge in [-0.05, 0) is 6.42 Å². The summed E-state index contributed by atoms with van der Waals surface area (Å²) < 4.78 is 65.2. The van der Waals surface area contributed by atoms with Crippen LogP contribution in [0.3, 0.4) is 0 Å². The molecule has 0 aliphatic carbocycles. The van der Waals surface area contributed by atoms with Crippen LogP contribution in [0.1, 0.15) is 23.7 Å². The second kappa shape index (κ2) is 5.96. The average Bonchev–Trinajstić information content (AvgIpc) is 2.40. The molecule has 1 rings (SSSR count). The number of hydrogen-bond acceptors (Lipinski definition) is 2. The molecule has 3 nitrogen and oxygen atoms in total. The Labute approximate surface area is 105 Å². The summed E-state index contributed by atoms with van der Waals surface area (Å²) in [5.74, 6) is -12.4. The summed E-state index contributed by atoms with van der Waals surface area (Å²) in [6.45, 7) is 1.61. The minimum atomic E-state index is -2.31. The fraction of sp³-hybridized carbons (Fsp3) is 0.364. The van der Waals surface area contributed by atoms with Gasteiger partial charge in [-0.3, -0.25) is 4.79 Å². The Morgan fingerprint density at radius 3 is 1.84 bits per heavy atom. The largest absolute Gasteiger partial charge is 0.348 e. The standard InChI is InChI=1S/C11H11F5N2O/c1-2-4(3-17)18-11(19)5-6(12)8(14)10(16)9(15)7(5)13/h4H,2-3,17H2,1H3,(H,18,19). The summed E-state index contributed by atoms with van der Waals surface area (Å²) in [5.41, 5.74) is 3.75. The molecule has 1 aromatic rings. The molecule has 0 aliphatic heterocycles.